The molecule has 1 spiro atoms. The van der Waals surface area contributed by atoms with Crippen molar-refractivity contribution in [1.82, 2.24) is 24.8 Å². The van der Waals surface area contributed by atoms with Gasteiger partial charge in [-0.3, -0.25) is 9.69 Å². The molecule has 8 heteroatoms. The quantitative estimate of drug-likeness (QED) is 0.862. The predicted molar refractivity (Wildman–Crippen MR) is 93.4 cm³/mol. The molecular formula is C16H22N6OS. The van der Waals surface area contributed by atoms with E-state index in [9.17, 15) is 4.79 Å². The number of hydrogen-bond donors (Lipinski definition) is 2. The second kappa shape index (κ2) is 5.86. The highest BCUT2D eigenvalue weighted by atomic mass is 32.1. The number of imidazole rings is 1. The van der Waals surface area contributed by atoms with Gasteiger partial charge in [-0.25, -0.2) is 9.97 Å². The first kappa shape index (κ1) is 15.6. The van der Waals surface area contributed by atoms with Gasteiger partial charge in [0.2, 0.25) is 0 Å². The number of aromatic amines is 1. The average molecular weight is 346 g/mol. The first-order chi connectivity index (χ1) is 11.6. The number of carbonyl (C=O) groups excluding carboxylic acids is 1. The topological polar surface area (TPSA) is 77.1 Å². The number of nitrogens with zero attached hydrogens (tertiary/aromatic N) is 4. The van der Waals surface area contributed by atoms with Crippen molar-refractivity contribution >= 4 is 22.4 Å². The van der Waals surface area contributed by atoms with E-state index in [1.54, 1.807) is 6.33 Å². The van der Waals surface area contributed by atoms with E-state index in [1.165, 1.54) is 22.7 Å². The summed E-state index contributed by atoms with van der Waals surface area (Å²) in [5.41, 5.74) is 2.93. The second-order valence-electron chi connectivity index (χ2n) is 6.51. The van der Waals surface area contributed by atoms with Crippen LogP contribution >= 0.6 is 11.3 Å². The van der Waals surface area contributed by atoms with Gasteiger partial charge < -0.3 is 15.2 Å². The molecule has 7 nitrogen and oxygen atoms in total. The molecule has 0 aliphatic carbocycles. The molecule has 4 heterocycles. The van der Waals surface area contributed by atoms with Gasteiger partial charge in [-0.2, -0.15) is 0 Å². The normalized spacial score (nSPS) is 20.2. The molecule has 0 radical (unpaired) electrons. The third-order valence-electron chi connectivity index (χ3n) is 5.40. The Hall–Kier alpha value is -1.93. The van der Waals surface area contributed by atoms with Crippen molar-refractivity contribution in [3.05, 3.63) is 28.8 Å². The number of H-pyrrole nitrogens is 1. The molecule has 0 atom stereocenters. The number of hydrogen-bond acceptors (Lipinski definition) is 6. The van der Waals surface area contributed by atoms with Gasteiger partial charge in [0.05, 0.1) is 17.6 Å². The van der Waals surface area contributed by atoms with Crippen LogP contribution in [0.3, 0.4) is 0 Å². The summed E-state index contributed by atoms with van der Waals surface area (Å²) in [7, 11) is 3.99. The summed E-state index contributed by atoms with van der Waals surface area (Å²) in [6.45, 7) is 2.50. The lowest BCUT2D eigenvalue weighted by atomic mass is 9.79. The molecule has 128 valence electrons. The van der Waals surface area contributed by atoms with E-state index in [0.717, 1.165) is 44.0 Å². The molecule has 1 saturated heterocycles. The fourth-order valence-corrected chi connectivity index (χ4v) is 4.58. The zero-order valence-corrected chi connectivity index (χ0v) is 14.8. The van der Waals surface area contributed by atoms with Crippen LogP contribution in [-0.2, 0) is 12.0 Å². The van der Waals surface area contributed by atoms with E-state index in [1.807, 2.05) is 17.3 Å². The maximum Gasteiger partial charge on any atom is 0.273 e. The van der Waals surface area contributed by atoms with Crippen LogP contribution in [0.2, 0.25) is 0 Å². The summed E-state index contributed by atoms with van der Waals surface area (Å²) < 4.78 is 0. The summed E-state index contributed by atoms with van der Waals surface area (Å²) >= 11 is 1.46. The summed E-state index contributed by atoms with van der Waals surface area (Å²) in [6.07, 6.45) is 4.64. The average Bonchev–Trinajstić information content (AvgIpc) is 3.28. The van der Waals surface area contributed by atoms with Gasteiger partial charge >= 0.3 is 0 Å². The zero-order valence-electron chi connectivity index (χ0n) is 14.0. The molecule has 4 rings (SSSR count). The lowest BCUT2D eigenvalue weighted by Gasteiger charge is -2.49. The third-order valence-corrected chi connectivity index (χ3v) is 6.26. The van der Waals surface area contributed by atoms with Crippen molar-refractivity contribution in [2.45, 2.75) is 24.8 Å². The minimum absolute atomic E-state index is 0.0308. The largest absolute Gasteiger partial charge is 0.365 e. The molecule has 0 unspecified atom stereocenters. The molecule has 2 aliphatic heterocycles. The van der Waals surface area contributed by atoms with Crippen LogP contribution in [0.1, 0.15) is 34.7 Å². The number of likely N-dealkylation sites (N-methyl/N-ethyl adjacent to an activating group) is 1. The molecule has 0 bridgehead atoms. The number of thiazole rings is 1. The molecule has 1 amide bonds. The first-order valence-electron chi connectivity index (χ1n) is 8.30. The Morgan fingerprint density at radius 2 is 2.17 bits per heavy atom. The van der Waals surface area contributed by atoms with Crippen LogP contribution in [0.25, 0.3) is 0 Å². The highest BCUT2D eigenvalue weighted by Gasteiger charge is 2.45. The van der Waals surface area contributed by atoms with Crippen LogP contribution in [0.5, 0.6) is 0 Å². The summed E-state index contributed by atoms with van der Waals surface area (Å²) in [6, 6.07) is 0. The Morgan fingerprint density at radius 3 is 2.88 bits per heavy atom. The number of anilines is 1. The molecule has 2 aromatic heterocycles. The van der Waals surface area contributed by atoms with E-state index in [-0.39, 0.29) is 11.4 Å². The number of nitrogens with one attached hydrogen (secondary N) is 2. The molecular weight excluding hydrogens is 324 g/mol. The number of aromatic nitrogens is 3. The van der Waals surface area contributed by atoms with Gasteiger partial charge in [-0.05, 0) is 19.9 Å². The van der Waals surface area contributed by atoms with Crippen LogP contribution in [0.4, 0.5) is 5.13 Å². The lowest BCUT2D eigenvalue weighted by molar-refractivity contribution is 0.0223. The fraction of sp³-hybridized carbons (Fsp3) is 0.562. The number of carbonyl (C=O) groups is 1. The Balaban J connectivity index is 1.52. The maximum atomic E-state index is 12.7. The van der Waals surface area contributed by atoms with E-state index < -0.39 is 0 Å². The second-order valence-corrected chi connectivity index (χ2v) is 7.37. The summed E-state index contributed by atoms with van der Waals surface area (Å²) in [5.74, 6) is 0.0308. The molecule has 0 aromatic carbocycles. The predicted octanol–water partition coefficient (Wildman–Crippen LogP) is 1.53. The zero-order chi connectivity index (χ0) is 16.7. The van der Waals surface area contributed by atoms with Crippen LogP contribution < -0.4 is 5.32 Å². The highest BCUT2D eigenvalue weighted by molar-refractivity contribution is 7.13. The minimum atomic E-state index is -0.0391. The van der Waals surface area contributed by atoms with Crippen molar-refractivity contribution in [3.8, 4) is 0 Å². The third kappa shape index (κ3) is 2.32. The van der Waals surface area contributed by atoms with E-state index in [2.05, 4.69) is 32.2 Å². The van der Waals surface area contributed by atoms with Crippen molar-refractivity contribution in [1.29, 1.82) is 0 Å². The van der Waals surface area contributed by atoms with Crippen molar-refractivity contribution in [2.24, 2.45) is 0 Å². The number of amides is 1. The molecule has 2 N–H and O–H groups in total. The number of rotatable bonds is 2. The van der Waals surface area contributed by atoms with Gasteiger partial charge in [0, 0.05) is 44.2 Å². The molecule has 2 aromatic rings. The van der Waals surface area contributed by atoms with E-state index in [4.69, 9.17) is 0 Å². The van der Waals surface area contributed by atoms with Crippen molar-refractivity contribution in [2.75, 3.05) is 39.0 Å². The van der Waals surface area contributed by atoms with Gasteiger partial charge in [0.15, 0.2) is 5.13 Å². The summed E-state index contributed by atoms with van der Waals surface area (Å²) in [4.78, 5) is 29.3. The van der Waals surface area contributed by atoms with Crippen molar-refractivity contribution in [3.63, 3.8) is 0 Å². The van der Waals surface area contributed by atoms with Crippen LogP contribution in [0, 0.1) is 0 Å². The summed E-state index contributed by atoms with van der Waals surface area (Å²) in [5, 5.41) is 5.59. The smallest absolute Gasteiger partial charge is 0.273 e. The Bertz CT molecular complexity index is 745. The molecule has 0 saturated carbocycles. The van der Waals surface area contributed by atoms with Crippen LogP contribution in [-0.4, -0.2) is 64.4 Å². The number of likely N-dealkylation sites (tertiary alicyclic amines) is 1. The Kier molecular flexibility index (Phi) is 3.80. The SMILES string of the molecule is CNc1nc(C(=O)N2CCC3(CC2)c2nc[nH]c2CCN3C)cs1. The first-order valence-corrected chi connectivity index (χ1v) is 9.18. The van der Waals surface area contributed by atoms with Gasteiger partial charge in [-0.1, -0.05) is 0 Å². The maximum absolute atomic E-state index is 12.7. The van der Waals surface area contributed by atoms with E-state index >= 15 is 0 Å². The van der Waals surface area contributed by atoms with Gasteiger partial charge in [-0.15, -0.1) is 11.3 Å². The lowest BCUT2D eigenvalue weighted by Crippen LogP contribution is -2.55. The number of fused-ring (bicyclic) bond motifs is 2. The minimum Gasteiger partial charge on any atom is -0.365 e. The highest BCUT2D eigenvalue weighted by Crippen LogP contribution is 2.41. The number of piperidine rings is 1. The van der Waals surface area contributed by atoms with Crippen LogP contribution in [0.15, 0.2) is 11.7 Å². The fourth-order valence-electron chi connectivity index (χ4n) is 3.93. The van der Waals surface area contributed by atoms with Gasteiger partial charge in [0.1, 0.15) is 5.69 Å². The Labute approximate surface area is 145 Å². The monoisotopic (exact) mass is 346 g/mol. The standard InChI is InChI=1S/C16H22N6OS/c1-17-15-20-12(9-24-15)14(23)22-7-4-16(5-8-22)13-11(18-10-19-13)3-6-21(16)2/h9-10H,3-8H2,1-2H3,(H,17,20)(H,18,19). The van der Waals surface area contributed by atoms with E-state index in [0.29, 0.717) is 5.69 Å². The van der Waals surface area contributed by atoms with Crippen molar-refractivity contribution < 1.29 is 4.79 Å². The molecule has 24 heavy (non-hydrogen) atoms. The molecule has 1 fully saturated rings. The Morgan fingerprint density at radius 1 is 1.38 bits per heavy atom. The molecule has 2 aliphatic rings. The van der Waals surface area contributed by atoms with Gasteiger partial charge in [0.25, 0.3) is 5.91 Å².